The molecular formula is C16H13BrN2O3S2. The van der Waals surface area contributed by atoms with Gasteiger partial charge in [0, 0.05) is 5.38 Å². The van der Waals surface area contributed by atoms with Crippen molar-refractivity contribution in [2.45, 2.75) is 0 Å². The van der Waals surface area contributed by atoms with E-state index in [0.717, 1.165) is 14.4 Å². The van der Waals surface area contributed by atoms with E-state index < -0.39 is 0 Å². The number of aromatic nitrogens is 1. The maximum Gasteiger partial charge on any atom is 0.261 e. The second-order valence-electron chi connectivity index (χ2n) is 4.64. The highest BCUT2D eigenvalue weighted by atomic mass is 79.9. The summed E-state index contributed by atoms with van der Waals surface area (Å²) in [6.07, 6.45) is 0. The van der Waals surface area contributed by atoms with Crippen molar-refractivity contribution < 1.29 is 14.3 Å². The van der Waals surface area contributed by atoms with Gasteiger partial charge in [-0.25, -0.2) is 4.98 Å². The number of thiophene rings is 1. The lowest BCUT2D eigenvalue weighted by Gasteiger charge is -2.11. The van der Waals surface area contributed by atoms with Crippen molar-refractivity contribution in [3.8, 4) is 22.1 Å². The first-order chi connectivity index (χ1) is 11.6. The Morgan fingerprint density at radius 2 is 2.04 bits per heavy atom. The highest BCUT2D eigenvalue weighted by Gasteiger charge is 2.18. The van der Waals surface area contributed by atoms with Gasteiger partial charge < -0.3 is 9.47 Å². The molecule has 0 unspecified atom stereocenters. The zero-order valence-electron chi connectivity index (χ0n) is 12.8. The van der Waals surface area contributed by atoms with Crippen LogP contribution < -0.4 is 14.8 Å². The minimum atomic E-state index is -0.293. The summed E-state index contributed by atoms with van der Waals surface area (Å²) in [5, 5.41) is 5.25. The fraction of sp³-hybridized carbons (Fsp3) is 0.125. The van der Waals surface area contributed by atoms with Crippen LogP contribution in [0, 0.1) is 0 Å². The molecule has 0 saturated carbocycles. The smallest absolute Gasteiger partial charge is 0.261 e. The molecule has 0 fully saturated rings. The van der Waals surface area contributed by atoms with Crippen LogP contribution in [-0.2, 0) is 0 Å². The molecule has 0 aliphatic rings. The van der Waals surface area contributed by atoms with Crippen LogP contribution >= 0.6 is 38.6 Å². The van der Waals surface area contributed by atoms with E-state index in [9.17, 15) is 4.79 Å². The van der Waals surface area contributed by atoms with Crippen molar-refractivity contribution in [2.24, 2.45) is 0 Å². The molecule has 0 radical (unpaired) electrons. The Balaban J connectivity index is 1.82. The second kappa shape index (κ2) is 7.33. The summed E-state index contributed by atoms with van der Waals surface area (Å²) in [6.45, 7) is 0. The minimum absolute atomic E-state index is 0.293. The van der Waals surface area contributed by atoms with E-state index in [1.165, 1.54) is 25.6 Å². The van der Waals surface area contributed by atoms with Gasteiger partial charge in [0.25, 0.3) is 5.91 Å². The molecule has 1 N–H and O–H groups in total. The Kier molecular flexibility index (Phi) is 5.17. The van der Waals surface area contributed by atoms with Crippen LogP contribution in [-0.4, -0.2) is 25.1 Å². The fourth-order valence-electron chi connectivity index (χ4n) is 2.13. The van der Waals surface area contributed by atoms with Crippen LogP contribution in [0.5, 0.6) is 11.5 Å². The molecule has 5 nitrogen and oxygen atoms in total. The van der Waals surface area contributed by atoms with Gasteiger partial charge in [-0.05, 0) is 40.2 Å². The summed E-state index contributed by atoms with van der Waals surface area (Å²) < 4.78 is 11.6. The Bertz CT molecular complexity index is 876. The average molecular weight is 425 g/mol. The Morgan fingerprint density at radius 1 is 1.21 bits per heavy atom. The number of halogens is 1. The molecule has 0 atom stereocenters. The van der Waals surface area contributed by atoms with E-state index in [1.807, 2.05) is 17.5 Å². The molecule has 8 heteroatoms. The van der Waals surface area contributed by atoms with E-state index in [-0.39, 0.29) is 5.91 Å². The minimum Gasteiger partial charge on any atom is -0.493 e. The van der Waals surface area contributed by atoms with Gasteiger partial charge in [-0.1, -0.05) is 6.07 Å². The standard InChI is InChI=1S/C16H13BrN2O3S2/c1-21-11-5-3-4-9(14(11)22-2)15(20)19-16-18-10(8-23-16)12-6-7-13(17)24-12/h3-8H,1-2H3,(H,18,19,20). The van der Waals surface area contributed by atoms with Gasteiger partial charge in [-0.3, -0.25) is 10.1 Å². The van der Waals surface area contributed by atoms with Gasteiger partial charge in [-0.15, -0.1) is 22.7 Å². The van der Waals surface area contributed by atoms with E-state index in [0.29, 0.717) is 22.2 Å². The number of benzene rings is 1. The second-order valence-corrected chi connectivity index (χ2v) is 7.96. The molecule has 0 aliphatic heterocycles. The van der Waals surface area contributed by atoms with E-state index in [2.05, 4.69) is 26.2 Å². The van der Waals surface area contributed by atoms with Gasteiger partial charge in [0.2, 0.25) is 0 Å². The molecular weight excluding hydrogens is 412 g/mol. The van der Waals surface area contributed by atoms with Crippen molar-refractivity contribution in [1.82, 2.24) is 4.98 Å². The molecule has 2 heterocycles. The number of nitrogens with zero attached hydrogens (tertiary/aromatic N) is 1. The number of nitrogens with one attached hydrogen (secondary N) is 1. The van der Waals surface area contributed by atoms with E-state index in [1.54, 1.807) is 29.5 Å². The molecule has 3 rings (SSSR count). The van der Waals surface area contributed by atoms with Gasteiger partial charge in [0.15, 0.2) is 16.6 Å². The maximum absolute atomic E-state index is 12.5. The number of carbonyl (C=O) groups excluding carboxylic acids is 1. The van der Waals surface area contributed by atoms with Crippen LogP contribution in [0.15, 0.2) is 39.5 Å². The number of hydrogen-bond donors (Lipinski definition) is 1. The first kappa shape index (κ1) is 16.9. The van der Waals surface area contributed by atoms with Crippen LogP contribution in [0.2, 0.25) is 0 Å². The van der Waals surface area contributed by atoms with Gasteiger partial charge >= 0.3 is 0 Å². The number of para-hydroxylation sites is 1. The van der Waals surface area contributed by atoms with Crippen LogP contribution in [0.4, 0.5) is 5.13 Å². The molecule has 124 valence electrons. The SMILES string of the molecule is COc1cccc(C(=O)Nc2nc(-c3ccc(Br)s3)cs2)c1OC. The lowest BCUT2D eigenvalue weighted by Crippen LogP contribution is -2.13. The molecule has 1 aromatic carbocycles. The molecule has 2 aromatic heterocycles. The average Bonchev–Trinajstić information content (AvgIpc) is 3.22. The quantitative estimate of drug-likeness (QED) is 0.632. The van der Waals surface area contributed by atoms with Crippen LogP contribution in [0.3, 0.4) is 0 Å². The van der Waals surface area contributed by atoms with Gasteiger partial charge in [-0.2, -0.15) is 0 Å². The molecule has 0 spiro atoms. The summed E-state index contributed by atoms with van der Waals surface area (Å²) in [5.74, 6) is 0.615. The zero-order chi connectivity index (χ0) is 17.1. The molecule has 24 heavy (non-hydrogen) atoms. The normalized spacial score (nSPS) is 10.5. The molecule has 0 aliphatic carbocycles. The Morgan fingerprint density at radius 3 is 2.71 bits per heavy atom. The van der Waals surface area contributed by atoms with E-state index >= 15 is 0 Å². The third-order valence-corrected chi connectivity index (χ3v) is 5.60. The van der Waals surface area contributed by atoms with Crippen molar-refractivity contribution in [1.29, 1.82) is 0 Å². The fourth-order valence-corrected chi connectivity index (χ4v) is 4.25. The van der Waals surface area contributed by atoms with Crippen LogP contribution in [0.1, 0.15) is 10.4 Å². The van der Waals surface area contributed by atoms with Crippen molar-refractivity contribution in [3.05, 3.63) is 45.1 Å². The van der Waals surface area contributed by atoms with Gasteiger partial charge in [0.1, 0.15) is 0 Å². The molecule has 0 saturated heterocycles. The van der Waals surface area contributed by atoms with Crippen molar-refractivity contribution in [3.63, 3.8) is 0 Å². The Hall–Kier alpha value is -1.90. The summed E-state index contributed by atoms with van der Waals surface area (Å²) in [5.41, 5.74) is 1.23. The number of anilines is 1. The Labute approximate surface area is 155 Å². The van der Waals surface area contributed by atoms with Gasteiger partial charge in [0.05, 0.1) is 34.1 Å². The molecule has 0 bridgehead atoms. The predicted molar refractivity (Wildman–Crippen MR) is 101 cm³/mol. The lowest BCUT2D eigenvalue weighted by atomic mass is 10.1. The molecule has 1 amide bonds. The predicted octanol–water partition coefficient (Wildman–Crippen LogP) is 4.90. The number of rotatable bonds is 5. The van der Waals surface area contributed by atoms with Crippen LogP contribution in [0.25, 0.3) is 10.6 Å². The third-order valence-electron chi connectivity index (χ3n) is 3.20. The summed E-state index contributed by atoms with van der Waals surface area (Å²) in [4.78, 5) is 18.0. The largest absolute Gasteiger partial charge is 0.493 e. The first-order valence-electron chi connectivity index (χ1n) is 6.86. The summed E-state index contributed by atoms with van der Waals surface area (Å²) in [6, 6.07) is 9.12. The third kappa shape index (κ3) is 3.45. The topological polar surface area (TPSA) is 60.5 Å². The number of carbonyl (C=O) groups is 1. The highest BCUT2D eigenvalue weighted by molar-refractivity contribution is 9.11. The summed E-state index contributed by atoms with van der Waals surface area (Å²) in [7, 11) is 3.04. The molecule has 3 aromatic rings. The zero-order valence-corrected chi connectivity index (χ0v) is 16.0. The number of hydrogen-bond acceptors (Lipinski definition) is 6. The highest BCUT2D eigenvalue weighted by Crippen LogP contribution is 2.34. The first-order valence-corrected chi connectivity index (χ1v) is 9.35. The lowest BCUT2D eigenvalue weighted by molar-refractivity contribution is 0.102. The van der Waals surface area contributed by atoms with Crippen molar-refractivity contribution >= 4 is 49.6 Å². The van der Waals surface area contributed by atoms with E-state index in [4.69, 9.17) is 9.47 Å². The summed E-state index contributed by atoms with van der Waals surface area (Å²) >= 11 is 6.40. The number of methoxy groups -OCH3 is 2. The maximum atomic E-state index is 12.5. The monoisotopic (exact) mass is 424 g/mol. The number of ether oxygens (including phenoxy) is 2. The number of amides is 1. The van der Waals surface area contributed by atoms with Crippen molar-refractivity contribution in [2.75, 3.05) is 19.5 Å². The number of thiazole rings is 1.